The molecule has 4 nitrogen and oxygen atoms in total. The van der Waals surface area contributed by atoms with Gasteiger partial charge in [-0.1, -0.05) is 31.2 Å². The number of rotatable bonds is 7. The molecular weight excluding hydrogens is 238 g/mol. The summed E-state index contributed by atoms with van der Waals surface area (Å²) >= 11 is 0. The van der Waals surface area contributed by atoms with Crippen LogP contribution in [-0.2, 0) is 17.7 Å². The van der Waals surface area contributed by atoms with Crippen molar-refractivity contribution in [3.63, 3.8) is 0 Å². The molecule has 1 rings (SSSR count). The smallest absolute Gasteiger partial charge is 0.191 e. The van der Waals surface area contributed by atoms with Crippen molar-refractivity contribution < 1.29 is 4.74 Å². The van der Waals surface area contributed by atoms with Gasteiger partial charge in [0, 0.05) is 20.2 Å². The lowest BCUT2D eigenvalue weighted by atomic mass is 10.1. The fourth-order valence-corrected chi connectivity index (χ4v) is 1.83. The minimum absolute atomic E-state index is 0.677. The molecule has 0 aliphatic rings. The molecule has 106 valence electrons. The number of benzene rings is 1. The summed E-state index contributed by atoms with van der Waals surface area (Å²) in [6.07, 6.45) is 1.04. The van der Waals surface area contributed by atoms with Gasteiger partial charge in [-0.15, -0.1) is 0 Å². The van der Waals surface area contributed by atoms with E-state index < -0.39 is 0 Å². The zero-order valence-electron chi connectivity index (χ0n) is 12.2. The van der Waals surface area contributed by atoms with Crippen molar-refractivity contribution in [2.75, 3.05) is 26.8 Å². The van der Waals surface area contributed by atoms with Crippen LogP contribution in [0.3, 0.4) is 0 Å². The summed E-state index contributed by atoms with van der Waals surface area (Å²) in [5, 5.41) is 6.48. The average Bonchev–Trinajstić information content (AvgIpc) is 2.45. The Hall–Kier alpha value is -1.55. The van der Waals surface area contributed by atoms with Crippen LogP contribution in [-0.4, -0.2) is 32.8 Å². The summed E-state index contributed by atoms with van der Waals surface area (Å²) in [6, 6.07) is 8.44. The molecule has 0 atom stereocenters. The molecule has 0 spiro atoms. The number of ether oxygens (including phenoxy) is 1. The Bertz CT molecular complexity index is 391. The fourth-order valence-electron chi connectivity index (χ4n) is 1.83. The van der Waals surface area contributed by atoms with Crippen molar-refractivity contribution in [1.29, 1.82) is 0 Å². The molecule has 0 radical (unpaired) electrons. The molecule has 0 bridgehead atoms. The highest BCUT2D eigenvalue weighted by Crippen LogP contribution is 2.10. The van der Waals surface area contributed by atoms with Crippen molar-refractivity contribution in [1.82, 2.24) is 10.6 Å². The van der Waals surface area contributed by atoms with Crippen LogP contribution >= 0.6 is 0 Å². The lowest BCUT2D eigenvalue weighted by Crippen LogP contribution is -2.38. The SMILES string of the molecule is CCNC(=NCc1ccccc1CC)NCCOC. The highest BCUT2D eigenvalue weighted by molar-refractivity contribution is 5.79. The van der Waals surface area contributed by atoms with E-state index in [9.17, 15) is 0 Å². The van der Waals surface area contributed by atoms with Gasteiger partial charge in [-0.05, 0) is 24.5 Å². The highest BCUT2D eigenvalue weighted by Gasteiger charge is 2.00. The topological polar surface area (TPSA) is 45.7 Å². The molecule has 0 aliphatic carbocycles. The quantitative estimate of drug-likeness (QED) is 0.449. The van der Waals surface area contributed by atoms with Crippen molar-refractivity contribution in [3.05, 3.63) is 35.4 Å². The predicted molar refractivity (Wildman–Crippen MR) is 80.5 cm³/mol. The fraction of sp³-hybridized carbons (Fsp3) is 0.533. The van der Waals surface area contributed by atoms with Gasteiger partial charge in [0.15, 0.2) is 5.96 Å². The van der Waals surface area contributed by atoms with Gasteiger partial charge in [-0.3, -0.25) is 0 Å². The molecule has 19 heavy (non-hydrogen) atoms. The summed E-state index contributed by atoms with van der Waals surface area (Å²) < 4.78 is 5.02. The van der Waals surface area contributed by atoms with Gasteiger partial charge in [0.1, 0.15) is 0 Å². The maximum absolute atomic E-state index is 5.02. The van der Waals surface area contributed by atoms with Crippen LogP contribution in [0.15, 0.2) is 29.3 Å². The summed E-state index contributed by atoms with van der Waals surface area (Å²) in [6.45, 7) is 7.23. The minimum Gasteiger partial charge on any atom is -0.383 e. The second-order valence-corrected chi connectivity index (χ2v) is 4.24. The maximum Gasteiger partial charge on any atom is 0.191 e. The summed E-state index contributed by atoms with van der Waals surface area (Å²) in [4.78, 5) is 4.60. The Balaban J connectivity index is 2.62. The molecule has 0 aromatic heterocycles. The van der Waals surface area contributed by atoms with E-state index in [0.717, 1.165) is 25.5 Å². The van der Waals surface area contributed by atoms with E-state index in [4.69, 9.17) is 4.74 Å². The number of nitrogens with zero attached hydrogens (tertiary/aromatic N) is 1. The first-order chi connectivity index (χ1) is 9.31. The van der Waals surface area contributed by atoms with Gasteiger partial charge in [-0.25, -0.2) is 4.99 Å². The number of hydrogen-bond acceptors (Lipinski definition) is 2. The van der Waals surface area contributed by atoms with Crippen LogP contribution in [0.2, 0.25) is 0 Å². The van der Waals surface area contributed by atoms with Gasteiger partial charge in [0.25, 0.3) is 0 Å². The van der Waals surface area contributed by atoms with Gasteiger partial charge in [-0.2, -0.15) is 0 Å². The lowest BCUT2D eigenvalue weighted by molar-refractivity contribution is 0.203. The minimum atomic E-state index is 0.677. The van der Waals surface area contributed by atoms with E-state index in [0.29, 0.717) is 13.2 Å². The van der Waals surface area contributed by atoms with E-state index >= 15 is 0 Å². The van der Waals surface area contributed by atoms with Gasteiger partial charge >= 0.3 is 0 Å². The molecule has 0 fully saturated rings. The third-order valence-electron chi connectivity index (χ3n) is 2.85. The Morgan fingerprint density at radius 2 is 1.89 bits per heavy atom. The maximum atomic E-state index is 5.02. The molecular formula is C15H25N3O. The van der Waals surface area contributed by atoms with E-state index in [-0.39, 0.29) is 0 Å². The molecule has 0 aliphatic heterocycles. The van der Waals surface area contributed by atoms with E-state index in [1.807, 2.05) is 0 Å². The van der Waals surface area contributed by atoms with Gasteiger partial charge in [0.2, 0.25) is 0 Å². The summed E-state index contributed by atoms with van der Waals surface area (Å²) in [7, 11) is 1.70. The Kier molecular flexibility index (Phi) is 7.66. The molecule has 0 amide bonds. The van der Waals surface area contributed by atoms with Crippen LogP contribution in [0.4, 0.5) is 0 Å². The Morgan fingerprint density at radius 3 is 2.53 bits per heavy atom. The number of nitrogens with one attached hydrogen (secondary N) is 2. The molecule has 0 saturated carbocycles. The Morgan fingerprint density at radius 1 is 1.16 bits per heavy atom. The number of aryl methyl sites for hydroxylation is 1. The van der Waals surface area contributed by atoms with Crippen molar-refractivity contribution >= 4 is 5.96 Å². The molecule has 4 heteroatoms. The van der Waals surface area contributed by atoms with Crippen LogP contribution in [0, 0.1) is 0 Å². The first-order valence-electron chi connectivity index (χ1n) is 6.89. The van der Waals surface area contributed by atoms with Crippen molar-refractivity contribution in [2.24, 2.45) is 4.99 Å². The number of guanidine groups is 1. The molecule has 0 saturated heterocycles. The third-order valence-corrected chi connectivity index (χ3v) is 2.85. The first kappa shape index (κ1) is 15.5. The second kappa shape index (κ2) is 9.39. The van der Waals surface area contributed by atoms with Crippen LogP contribution in [0.25, 0.3) is 0 Å². The zero-order chi connectivity index (χ0) is 13.9. The molecule has 1 aromatic carbocycles. The summed E-state index contributed by atoms with van der Waals surface area (Å²) in [5.41, 5.74) is 2.65. The highest BCUT2D eigenvalue weighted by atomic mass is 16.5. The number of hydrogen-bond donors (Lipinski definition) is 2. The first-order valence-corrected chi connectivity index (χ1v) is 6.89. The standard InChI is InChI=1S/C15H25N3O/c1-4-13-8-6-7-9-14(13)12-18-15(16-5-2)17-10-11-19-3/h6-9H,4-5,10-12H2,1-3H3,(H2,16,17,18). The lowest BCUT2D eigenvalue weighted by Gasteiger charge is -2.11. The monoisotopic (exact) mass is 263 g/mol. The van der Waals surface area contributed by atoms with Gasteiger partial charge in [0.05, 0.1) is 13.2 Å². The number of methoxy groups -OCH3 is 1. The second-order valence-electron chi connectivity index (χ2n) is 4.24. The largest absolute Gasteiger partial charge is 0.383 e. The summed E-state index contributed by atoms with van der Waals surface area (Å²) in [5.74, 6) is 0.838. The van der Waals surface area contributed by atoms with Crippen LogP contribution < -0.4 is 10.6 Å². The van der Waals surface area contributed by atoms with E-state index in [1.54, 1.807) is 7.11 Å². The zero-order valence-corrected chi connectivity index (χ0v) is 12.2. The van der Waals surface area contributed by atoms with Crippen molar-refractivity contribution in [3.8, 4) is 0 Å². The van der Waals surface area contributed by atoms with Crippen LogP contribution in [0.1, 0.15) is 25.0 Å². The van der Waals surface area contributed by atoms with Crippen molar-refractivity contribution in [2.45, 2.75) is 26.8 Å². The van der Waals surface area contributed by atoms with Gasteiger partial charge < -0.3 is 15.4 Å². The molecule has 2 N–H and O–H groups in total. The third kappa shape index (κ3) is 5.75. The normalized spacial score (nSPS) is 11.4. The van der Waals surface area contributed by atoms with E-state index in [1.165, 1.54) is 11.1 Å². The van der Waals surface area contributed by atoms with E-state index in [2.05, 4.69) is 53.7 Å². The Labute approximate surface area is 116 Å². The molecule has 1 aromatic rings. The predicted octanol–water partition coefficient (Wildman–Crippen LogP) is 1.95. The average molecular weight is 263 g/mol. The molecule has 0 heterocycles. The number of aliphatic imine (C=N–C) groups is 1. The van der Waals surface area contributed by atoms with Crippen LogP contribution in [0.5, 0.6) is 0 Å². The molecule has 0 unspecified atom stereocenters.